The van der Waals surface area contributed by atoms with Crippen LogP contribution in [0.25, 0.3) is 22.8 Å². The molecule has 166 valence electrons. The lowest BCUT2D eigenvalue weighted by atomic mass is 10.00. The van der Waals surface area contributed by atoms with Crippen molar-refractivity contribution in [1.82, 2.24) is 14.8 Å². The number of ketones is 1. The zero-order valence-corrected chi connectivity index (χ0v) is 17.7. The van der Waals surface area contributed by atoms with Crippen molar-refractivity contribution in [2.45, 2.75) is 12.7 Å². The Balaban J connectivity index is 1.56. The number of hydrogen-bond donors (Lipinski definition) is 0. The summed E-state index contributed by atoms with van der Waals surface area (Å²) in [7, 11) is 3.63. The first kappa shape index (κ1) is 20.6. The number of carbonyl (C=O) groups excluding carboxylic acids is 1. The number of pyridine rings is 1. The lowest BCUT2D eigenvalue weighted by Gasteiger charge is -2.26. The van der Waals surface area contributed by atoms with Crippen molar-refractivity contribution in [1.29, 1.82) is 5.26 Å². The van der Waals surface area contributed by atoms with Crippen LogP contribution in [0.3, 0.4) is 0 Å². The number of fused-ring (bicyclic) bond motifs is 2. The minimum Gasteiger partial charge on any atom is -0.395 e. The maximum atomic E-state index is 13.4. The molecular weight excluding hydrogens is 432 g/mol. The Labute approximate surface area is 187 Å². The summed E-state index contributed by atoms with van der Waals surface area (Å²) in [6, 6.07) is 8.16. The lowest BCUT2D eigenvalue weighted by molar-refractivity contribution is -0.286. The van der Waals surface area contributed by atoms with Crippen molar-refractivity contribution < 1.29 is 23.0 Å². The number of carbonyl (C=O) groups is 1. The first-order chi connectivity index (χ1) is 15.8. The third-order valence-corrected chi connectivity index (χ3v) is 5.63. The van der Waals surface area contributed by atoms with E-state index in [1.165, 1.54) is 18.2 Å². The van der Waals surface area contributed by atoms with Crippen LogP contribution in [0.5, 0.6) is 11.5 Å². The van der Waals surface area contributed by atoms with E-state index in [-0.39, 0.29) is 22.9 Å². The number of nitrogens with zero attached hydrogens (tertiary/aromatic N) is 5. The zero-order chi connectivity index (χ0) is 23.3. The summed E-state index contributed by atoms with van der Waals surface area (Å²) in [5, 5.41) is 14.1. The van der Waals surface area contributed by atoms with Crippen LogP contribution < -0.4 is 14.4 Å². The highest BCUT2D eigenvalue weighted by Crippen LogP contribution is 2.42. The molecule has 2 aliphatic rings. The van der Waals surface area contributed by atoms with Gasteiger partial charge in [-0.1, -0.05) is 0 Å². The number of alkyl halides is 2. The van der Waals surface area contributed by atoms with Gasteiger partial charge in [0.1, 0.15) is 5.69 Å². The summed E-state index contributed by atoms with van der Waals surface area (Å²) in [4.78, 5) is 18.5. The van der Waals surface area contributed by atoms with Crippen LogP contribution in [-0.2, 0) is 7.05 Å². The Bertz CT molecular complexity index is 1370. The van der Waals surface area contributed by atoms with Gasteiger partial charge in [-0.3, -0.25) is 14.5 Å². The fraction of sp³-hybridized carbons (Fsp3) is 0.217. The van der Waals surface area contributed by atoms with Crippen LogP contribution >= 0.6 is 0 Å². The van der Waals surface area contributed by atoms with E-state index in [1.807, 2.05) is 18.0 Å². The van der Waals surface area contributed by atoms with Gasteiger partial charge in [0.05, 0.1) is 29.2 Å². The number of ether oxygens (including phenoxy) is 2. The third kappa shape index (κ3) is 3.57. The van der Waals surface area contributed by atoms with E-state index in [2.05, 4.69) is 25.6 Å². The third-order valence-electron chi connectivity index (χ3n) is 5.63. The summed E-state index contributed by atoms with van der Waals surface area (Å²) in [6.45, 7) is 0.610. The molecule has 5 rings (SSSR count). The SMILES string of the molecule is CN1CCC(=O)c2ncc(-c3cnn(C)c3C=C(C#N)c3ccc4c(c3)OC(F)(F)O4)cc21. The molecule has 1 aromatic carbocycles. The second kappa shape index (κ2) is 7.41. The Morgan fingerprint density at radius 1 is 1.21 bits per heavy atom. The molecule has 0 aliphatic carbocycles. The Kier molecular flexibility index (Phi) is 4.63. The summed E-state index contributed by atoms with van der Waals surface area (Å²) < 4.78 is 37.2. The van der Waals surface area contributed by atoms with E-state index < -0.39 is 6.29 Å². The molecule has 0 saturated carbocycles. The molecule has 0 radical (unpaired) electrons. The zero-order valence-electron chi connectivity index (χ0n) is 17.7. The number of halogens is 2. The van der Waals surface area contributed by atoms with Gasteiger partial charge in [0.25, 0.3) is 0 Å². The molecule has 8 nitrogen and oxygen atoms in total. The van der Waals surface area contributed by atoms with E-state index in [0.29, 0.717) is 35.5 Å². The lowest BCUT2D eigenvalue weighted by Crippen LogP contribution is -2.29. The average Bonchev–Trinajstić information content (AvgIpc) is 3.31. The first-order valence-electron chi connectivity index (χ1n) is 10.0. The van der Waals surface area contributed by atoms with Crippen LogP contribution in [0, 0.1) is 11.3 Å². The van der Waals surface area contributed by atoms with Gasteiger partial charge < -0.3 is 14.4 Å². The van der Waals surface area contributed by atoms with Crippen molar-refractivity contribution in [2.75, 3.05) is 18.5 Å². The van der Waals surface area contributed by atoms with Gasteiger partial charge in [0.15, 0.2) is 17.3 Å². The number of allylic oxidation sites excluding steroid dienone is 1. The van der Waals surface area contributed by atoms with E-state index in [4.69, 9.17) is 0 Å². The van der Waals surface area contributed by atoms with Gasteiger partial charge in [0, 0.05) is 44.4 Å². The number of aryl methyl sites for hydroxylation is 1. The molecule has 33 heavy (non-hydrogen) atoms. The smallest absolute Gasteiger partial charge is 0.395 e. The molecule has 3 aromatic rings. The summed E-state index contributed by atoms with van der Waals surface area (Å²) in [6.07, 6.45) is 1.56. The fourth-order valence-corrected chi connectivity index (χ4v) is 3.89. The van der Waals surface area contributed by atoms with Crippen LogP contribution in [0.4, 0.5) is 14.5 Å². The van der Waals surface area contributed by atoms with Gasteiger partial charge in [-0.05, 0) is 35.9 Å². The minimum atomic E-state index is -3.74. The predicted molar refractivity (Wildman–Crippen MR) is 115 cm³/mol. The summed E-state index contributed by atoms with van der Waals surface area (Å²) in [5.74, 6) is -0.238. The normalized spacial score (nSPS) is 16.5. The highest BCUT2D eigenvalue weighted by atomic mass is 19.3. The molecule has 0 unspecified atom stereocenters. The Hall–Kier alpha value is -4.26. The average molecular weight is 449 g/mol. The molecule has 0 N–H and O–H groups in total. The number of anilines is 1. The molecule has 0 spiro atoms. The quantitative estimate of drug-likeness (QED) is 0.560. The second-order valence-corrected chi connectivity index (χ2v) is 7.75. The fourth-order valence-electron chi connectivity index (χ4n) is 3.89. The number of rotatable bonds is 3. The van der Waals surface area contributed by atoms with Crippen molar-refractivity contribution >= 4 is 23.1 Å². The van der Waals surface area contributed by atoms with Gasteiger partial charge in [-0.25, -0.2) is 0 Å². The van der Waals surface area contributed by atoms with Crippen molar-refractivity contribution in [2.24, 2.45) is 7.05 Å². The molecule has 10 heteroatoms. The van der Waals surface area contributed by atoms with E-state index in [0.717, 1.165) is 11.3 Å². The number of Topliss-reactive ketones (excluding diaryl/α,β-unsaturated/α-hetero) is 1. The summed E-state index contributed by atoms with van der Waals surface area (Å²) in [5.41, 5.74) is 3.83. The van der Waals surface area contributed by atoms with Gasteiger partial charge >= 0.3 is 6.29 Å². The van der Waals surface area contributed by atoms with E-state index in [9.17, 15) is 18.8 Å². The van der Waals surface area contributed by atoms with E-state index in [1.54, 1.807) is 30.2 Å². The maximum Gasteiger partial charge on any atom is 0.586 e. The standard InChI is InChI=1S/C23H17F2N5O3/c1-29-6-5-19(31)22-18(29)8-15(11-27-22)16-12-28-30(2)17(16)7-14(10-26)13-3-4-20-21(9-13)33-23(24,25)32-20/h3-4,7-9,11-12H,5-6H2,1-2H3. The molecule has 2 aromatic heterocycles. The van der Waals surface area contributed by atoms with Crippen molar-refractivity contribution in [3.63, 3.8) is 0 Å². The molecule has 0 bridgehead atoms. The van der Waals surface area contributed by atoms with E-state index >= 15 is 0 Å². The molecule has 4 heterocycles. The number of aromatic nitrogens is 3. The number of nitriles is 1. The molecular formula is C23H17F2N5O3. The van der Waals surface area contributed by atoms with Crippen LogP contribution in [0.15, 0.2) is 36.7 Å². The van der Waals surface area contributed by atoms with Gasteiger partial charge in [-0.2, -0.15) is 10.4 Å². The Morgan fingerprint density at radius 2 is 2.00 bits per heavy atom. The minimum absolute atomic E-state index is 0.00103. The molecule has 0 fully saturated rings. The Morgan fingerprint density at radius 3 is 2.79 bits per heavy atom. The monoisotopic (exact) mass is 449 g/mol. The molecule has 2 aliphatic heterocycles. The van der Waals surface area contributed by atoms with Crippen molar-refractivity contribution in [3.05, 3.63) is 53.6 Å². The predicted octanol–water partition coefficient (Wildman–Crippen LogP) is 3.89. The highest BCUT2D eigenvalue weighted by Gasteiger charge is 2.43. The van der Waals surface area contributed by atoms with Crippen molar-refractivity contribution in [3.8, 4) is 28.7 Å². The topological polar surface area (TPSA) is 93.3 Å². The first-order valence-corrected chi connectivity index (χ1v) is 10.0. The van der Waals surface area contributed by atoms with Gasteiger partial charge in [0.2, 0.25) is 0 Å². The molecule has 0 amide bonds. The second-order valence-electron chi connectivity index (χ2n) is 7.75. The van der Waals surface area contributed by atoms with Crippen LogP contribution in [0.1, 0.15) is 28.2 Å². The highest BCUT2D eigenvalue weighted by molar-refractivity contribution is 6.02. The number of benzene rings is 1. The molecule has 0 atom stereocenters. The van der Waals surface area contributed by atoms with Crippen LogP contribution in [0.2, 0.25) is 0 Å². The molecule has 0 saturated heterocycles. The maximum absolute atomic E-state index is 13.4. The largest absolute Gasteiger partial charge is 0.586 e. The van der Waals surface area contributed by atoms with Crippen LogP contribution in [-0.4, -0.2) is 40.4 Å². The van der Waals surface area contributed by atoms with Gasteiger partial charge in [-0.15, -0.1) is 8.78 Å². The summed E-state index contributed by atoms with van der Waals surface area (Å²) >= 11 is 0. The number of hydrogen-bond acceptors (Lipinski definition) is 7.